The predicted molar refractivity (Wildman–Crippen MR) is 95.6 cm³/mol. The zero-order valence-electron chi connectivity index (χ0n) is 14.1. The fourth-order valence-electron chi connectivity index (χ4n) is 2.99. The lowest BCUT2D eigenvalue weighted by Crippen LogP contribution is -2.43. The summed E-state index contributed by atoms with van der Waals surface area (Å²) < 4.78 is 7.59. The Bertz CT molecular complexity index is 800. The van der Waals surface area contributed by atoms with E-state index in [9.17, 15) is 10.2 Å². The van der Waals surface area contributed by atoms with E-state index in [1.807, 2.05) is 0 Å². The van der Waals surface area contributed by atoms with Crippen LogP contribution in [0.25, 0.3) is 11.2 Å². The third kappa shape index (κ3) is 2.95. The molecule has 132 valence electrons. The van der Waals surface area contributed by atoms with Crippen LogP contribution < -0.4 is 5.73 Å². The van der Waals surface area contributed by atoms with Crippen molar-refractivity contribution >= 4 is 30.2 Å². The Hall–Kier alpha value is -1.47. The van der Waals surface area contributed by atoms with Crippen molar-refractivity contribution in [2.24, 2.45) is 0 Å². The summed E-state index contributed by atoms with van der Waals surface area (Å²) in [4.78, 5) is 12.3. The molecule has 0 spiro atoms. The molecule has 3 rings (SSSR count). The van der Waals surface area contributed by atoms with Gasteiger partial charge in [0.1, 0.15) is 23.5 Å². The summed E-state index contributed by atoms with van der Waals surface area (Å²) in [7, 11) is 0. The van der Waals surface area contributed by atoms with Crippen molar-refractivity contribution in [3.63, 3.8) is 0 Å². The van der Waals surface area contributed by atoms with Crippen LogP contribution in [0, 0.1) is 0 Å². The first-order valence-corrected chi connectivity index (χ1v) is 10.8. The third-order valence-corrected chi connectivity index (χ3v) is 5.88. The highest BCUT2D eigenvalue weighted by Gasteiger charge is 2.53. The van der Waals surface area contributed by atoms with E-state index >= 15 is 0 Å². The second kappa shape index (κ2) is 5.81. The van der Waals surface area contributed by atoms with Gasteiger partial charge in [0.15, 0.2) is 17.7 Å². The number of ether oxygens (including phenoxy) is 1. The minimum Gasteiger partial charge on any atom is -0.387 e. The molecule has 8 nitrogen and oxygen atoms in total. The van der Waals surface area contributed by atoms with Crippen LogP contribution in [-0.2, 0) is 4.74 Å². The van der Waals surface area contributed by atoms with Crippen LogP contribution in [0.3, 0.4) is 0 Å². The van der Waals surface area contributed by atoms with Gasteiger partial charge in [-0.25, -0.2) is 15.0 Å². The molecule has 0 bridgehead atoms. The number of imidazole rings is 1. The van der Waals surface area contributed by atoms with E-state index in [0.717, 1.165) is 6.16 Å². The molecule has 1 saturated heterocycles. The minimum atomic E-state index is -1.47. The molecular formula is C15H24N5O3P. The van der Waals surface area contributed by atoms with E-state index in [2.05, 4.69) is 34.6 Å². The number of aliphatic hydroxyl groups excluding tert-OH is 1. The van der Waals surface area contributed by atoms with E-state index in [1.54, 1.807) is 11.5 Å². The molecule has 4 N–H and O–H groups in total. The number of aromatic nitrogens is 4. The van der Waals surface area contributed by atoms with Gasteiger partial charge in [0, 0.05) is 0 Å². The van der Waals surface area contributed by atoms with Gasteiger partial charge in [0.05, 0.1) is 12.4 Å². The van der Waals surface area contributed by atoms with E-state index in [0.29, 0.717) is 17.6 Å². The number of nitrogen functional groups attached to an aromatic ring is 1. The largest absolute Gasteiger partial charge is 0.387 e. The van der Waals surface area contributed by atoms with Gasteiger partial charge in [0.2, 0.25) is 0 Å². The smallest absolute Gasteiger partial charge is 0.168 e. The summed E-state index contributed by atoms with van der Waals surface area (Å²) in [6.07, 6.45) is 6.25. The molecule has 0 aliphatic carbocycles. The van der Waals surface area contributed by atoms with Crippen LogP contribution in [0.5, 0.6) is 0 Å². The van der Waals surface area contributed by atoms with Crippen molar-refractivity contribution in [2.45, 2.75) is 37.4 Å². The number of fused-ring (bicyclic) bond motifs is 1. The van der Waals surface area contributed by atoms with E-state index in [4.69, 9.17) is 10.5 Å². The van der Waals surface area contributed by atoms with Crippen LogP contribution >= 0.6 is 6.89 Å². The summed E-state index contributed by atoms with van der Waals surface area (Å²) >= 11 is 0. The Morgan fingerprint density at radius 1 is 1.42 bits per heavy atom. The minimum absolute atomic E-state index is 0.261. The highest BCUT2D eigenvalue weighted by molar-refractivity contribution is 7.72. The van der Waals surface area contributed by atoms with Crippen molar-refractivity contribution in [3.05, 3.63) is 12.7 Å². The van der Waals surface area contributed by atoms with Crippen molar-refractivity contribution < 1.29 is 14.9 Å². The monoisotopic (exact) mass is 353 g/mol. The van der Waals surface area contributed by atoms with Crippen molar-refractivity contribution in [1.82, 2.24) is 19.5 Å². The fraction of sp³-hybridized carbons (Fsp3) is 0.600. The highest BCUT2D eigenvalue weighted by atomic mass is 31.2. The Balaban J connectivity index is 1.92. The molecule has 0 aromatic carbocycles. The Kier molecular flexibility index (Phi) is 4.20. The van der Waals surface area contributed by atoms with Gasteiger partial charge in [0.25, 0.3) is 0 Å². The summed E-state index contributed by atoms with van der Waals surface area (Å²) in [6, 6.07) is 0. The van der Waals surface area contributed by atoms with Crippen LogP contribution in [0.4, 0.5) is 5.82 Å². The van der Waals surface area contributed by atoms with Gasteiger partial charge >= 0.3 is 0 Å². The third-order valence-electron chi connectivity index (χ3n) is 4.41. The van der Waals surface area contributed by atoms with Gasteiger partial charge in [-0.1, -0.05) is 0 Å². The number of hydrogen-bond acceptors (Lipinski definition) is 7. The quantitative estimate of drug-likeness (QED) is 0.685. The van der Waals surface area contributed by atoms with Crippen LogP contribution in [0.1, 0.15) is 19.6 Å². The van der Waals surface area contributed by atoms with Crippen molar-refractivity contribution in [1.29, 1.82) is 0 Å². The standard InChI is InChI=1S/C15H24N5O3P/c1-15(22)11(21)9(5-6-24(2,3)4)23-14(15)20-8-19-10-12(16)17-7-18-13(10)20/h7-9,11,14,21-22H,2,5-6H2,1,3-4H3,(H2,16,17,18)/t9-,11-,14-,15-/m1/s1. The Morgan fingerprint density at radius 2 is 2.12 bits per heavy atom. The summed E-state index contributed by atoms with van der Waals surface area (Å²) in [6.45, 7) is 4.58. The molecule has 0 radical (unpaired) electrons. The van der Waals surface area contributed by atoms with Gasteiger partial charge in [-0.2, -0.15) is 0 Å². The molecule has 0 saturated carbocycles. The van der Waals surface area contributed by atoms with Crippen molar-refractivity contribution in [2.75, 3.05) is 25.2 Å². The van der Waals surface area contributed by atoms with Gasteiger partial charge in [-0.3, -0.25) is 4.57 Å². The Labute approximate surface area is 140 Å². The molecule has 1 aliphatic rings. The number of anilines is 1. The second-order valence-corrected chi connectivity index (χ2v) is 11.5. The van der Waals surface area contributed by atoms with Crippen LogP contribution in [-0.4, -0.2) is 73.3 Å². The zero-order chi connectivity index (χ0) is 17.7. The average Bonchev–Trinajstić information content (AvgIpc) is 2.99. The van der Waals surface area contributed by atoms with Crippen LogP contribution in [0.15, 0.2) is 12.7 Å². The molecule has 1 aliphatic heterocycles. The molecule has 1 fully saturated rings. The summed E-state index contributed by atoms with van der Waals surface area (Å²) in [5.41, 5.74) is 5.24. The van der Waals surface area contributed by atoms with E-state index in [-0.39, 0.29) is 5.82 Å². The lowest BCUT2D eigenvalue weighted by molar-refractivity contribution is -0.0939. The maximum absolute atomic E-state index is 10.8. The molecule has 24 heavy (non-hydrogen) atoms. The Morgan fingerprint density at radius 3 is 2.79 bits per heavy atom. The summed E-state index contributed by atoms with van der Waals surface area (Å²) in [5, 5.41) is 21.4. The molecule has 0 amide bonds. The molecule has 2 aromatic rings. The van der Waals surface area contributed by atoms with Crippen molar-refractivity contribution in [3.8, 4) is 0 Å². The van der Waals surface area contributed by atoms with Gasteiger partial charge in [-0.15, -0.1) is 13.2 Å². The fourth-order valence-corrected chi connectivity index (χ4v) is 3.95. The predicted octanol–water partition coefficient (Wildman–Crippen LogP) is 0.517. The average molecular weight is 353 g/mol. The van der Waals surface area contributed by atoms with Gasteiger partial charge in [-0.05, 0) is 32.8 Å². The molecular weight excluding hydrogens is 329 g/mol. The number of nitrogens with zero attached hydrogens (tertiary/aromatic N) is 4. The number of hydrogen-bond donors (Lipinski definition) is 3. The normalized spacial score (nSPS) is 31.0. The zero-order valence-corrected chi connectivity index (χ0v) is 15.0. The number of rotatable bonds is 4. The number of nitrogens with two attached hydrogens (primary N) is 1. The molecule has 0 unspecified atom stereocenters. The molecule has 2 aromatic heterocycles. The number of aliphatic hydroxyl groups is 2. The second-order valence-electron chi connectivity index (χ2n) is 7.23. The van der Waals surface area contributed by atoms with Crippen LogP contribution in [0.2, 0.25) is 0 Å². The maximum atomic E-state index is 10.8. The highest BCUT2D eigenvalue weighted by Crippen LogP contribution is 2.43. The topological polar surface area (TPSA) is 119 Å². The first-order valence-electron chi connectivity index (χ1n) is 7.77. The first-order chi connectivity index (χ1) is 11.1. The lowest BCUT2D eigenvalue weighted by atomic mass is 9.95. The molecule has 4 atom stereocenters. The van der Waals surface area contributed by atoms with E-state index in [1.165, 1.54) is 12.7 Å². The molecule has 3 heterocycles. The summed E-state index contributed by atoms with van der Waals surface area (Å²) in [5.74, 6) is 0.261. The lowest BCUT2D eigenvalue weighted by Gasteiger charge is -2.27. The van der Waals surface area contributed by atoms with Gasteiger partial charge < -0.3 is 20.7 Å². The SMILES string of the molecule is C=P(C)(C)CC[C@H]1O[C@@H](n2cnc3c(N)ncnc32)[C@](C)(O)[C@@H]1O. The molecule has 9 heteroatoms. The first kappa shape index (κ1) is 17.4. The maximum Gasteiger partial charge on any atom is 0.168 e. The van der Waals surface area contributed by atoms with E-state index < -0.39 is 30.9 Å².